The highest BCUT2D eigenvalue weighted by molar-refractivity contribution is 5.95. The molecule has 5 heteroatoms. The highest BCUT2D eigenvalue weighted by atomic mass is 19.1. The lowest BCUT2D eigenvalue weighted by Crippen LogP contribution is -2.57. The van der Waals surface area contributed by atoms with Gasteiger partial charge in [-0.25, -0.2) is 4.39 Å². The van der Waals surface area contributed by atoms with Gasteiger partial charge in [0.2, 0.25) is 5.91 Å². The lowest BCUT2D eigenvalue weighted by atomic mass is 10.1. The second kappa shape index (κ2) is 4.81. The normalized spacial score (nSPS) is 21.9. The quantitative estimate of drug-likeness (QED) is 0.811. The number of nitrogens with zero attached hydrogens (tertiary/aromatic N) is 2. The van der Waals surface area contributed by atoms with Crippen LogP contribution in [0.15, 0.2) is 24.3 Å². The van der Waals surface area contributed by atoms with Crippen LogP contribution in [-0.4, -0.2) is 43.5 Å². The Bertz CT molecular complexity index is 424. The van der Waals surface area contributed by atoms with Crippen molar-refractivity contribution < 1.29 is 9.18 Å². The molecule has 0 bridgehead atoms. The van der Waals surface area contributed by atoms with E-state index in [1.807, 2.05) is 11.9 Å². The number of hydrogen-bond acceptors (Lipinski definition) is 3. The fourth-order valence-electron chi connectivity index (χ4n) is 2.03. The van der Waals surface area contributed by atoms with Crippen LogP contribution in [-0.2, 0) is 4.79 Å². The number of carbonyl (C=O) groups excluding carboxylic acids is 1. The van der Waals surface area contributed by atoms with Crippen molar-refractivity contribution >= 4 is 11.6 Å². The number of benzene rings is 1. The van der Waals surface area contributed by atoms with Crippen LogP contribution in [0.25, 0.3) is 0 Å². The maximum absolute atomic E-state index is 13.1. The smallest absolute Gasteiger partial charge is 0.241 e. The Labute approximate surface area is 99.8 Å². The molecule has 1 heterocycles. The molecule has 1 saturated heterocycles. The first kappa shape index (κ1) is 12.0. The molecule has 17 heavy (non-hydrogen) atoms. The van der Waals surface area contributed by atoms with Gasteiger partial charge in [-0.2, -0.15) is 0 Å². The summed E-state index contributed by atoms with van der Waals surface area (Å²) in [5.74, 6) is -0.360. The van der Waals surface area contributed by atoms with Crippen LogP contribution in [0.2, 0.25) is 0 Å². The van der Waals surface area contributed by atoms with Crippen molar-refractivity contribution in [1.82, 2.24) is 4.90 Å². The van der Waals surface area contributed by atoms with E-state index in [1.54, 1.807) is 17.0 Å². The predicted molar refractivity (Wildman–Crippen MR) is 64.2 cm³/mol. The van der Waals surface area contributed by atoms with Crippen LogP contribution in [0.3, 0.4) is 0 Å². The number of nitrogens with two attached hydrogens (primary N) is 1. The highest BCUT2D eigenvalue weighted by Crippen LogP contribution is 2.19. The molecule has 2 rings (SSSR count). The summed E-state index contributed by atoms with van der Waals surface area (Å²) in [6.07, 6.45) is 0. The first-order valence-electron chi connectivity index (χ1n) is 5.58. The van der Waals surface area contributed by atoms with E-state index in [-0.39, 0.29) is 17.8 Å². The van der Waals surface area contributed by atoms with E-state index in [2.05, 4.69) is 0 Å². The molecule has 1 atom stereocenters. The molecule has 1 aromatic rings. The van der Waals surface area contributed by atoms with E-state index in [4.69, 9.17) is 5.73 Å². The Morgan fingerprint density at radius 1 is 1.53 bits per heavy atom. The van der Waals surface area contributed by atoms with Gasteiger partial charge in [0.05, 0.1) is 6.54 Å². The molecule has 92 valence electrons. The average Bonchev–Trinajstić information content (AvgIpc) is 2.29. The van der Waals surface area contributed by atoms with Gasteiger partial charge in [0, 0.05) is 24.8 Å². The molecule has 1 aliphatic rings. The fourth-order valence-corrected chi connectivity index (χ4v) is 2.03. The third kappa shape index (κ3) is 2.45. The molecule has 1 unspecified atom stereocenters. The summed E-state index contributed by atoms with van der Waals surface area (Å²) in [7, 11) is 1.87. The summed E-state index contributed by atoms with van der Waals surface area (Å²) in [6.45, 7) is 1.31. The van der Waals surface area contributed by atoms with E-state index < -0.39 is 0 Å². The van der Waals surface area contributed by atoms with Gasteiger partial charge in [0.25, 0.3) is 0 Å². The van der Waals surface area contributed by atoms with Crippen LogP contribution in [0, 0.1) is 5.82 Å². The van der Waals surface area contributed by atoms with Crippen molar-refractivity contribution in [3.8, 4) is 0 Å². The van der Waals surface area contributed by atoms with E-state index in [1.165, 1.54) is 12.1 Å². The number of halogens is 1. The number of carbonyl (C=O) groups is 1. The Morgan fingerprint density at radius 3 is 2.94 bits per heavy atom. The standard InChI is InChI=1S/C12H16FN3O/c1-15-8-12(17)16(7-11(15)6-14)10-4-2-3-9(13)5-10/h2-5,11H,6-8,14H2,1H3. The second-order valence-electron chi connectivity index (χ2n) is 4.29. The Balaban J connectivity index is 2.23. The summed E-state index contributed by atoms with van der Waals surface area (Å²) in [6, 6.07) is 6.20. The third-order valence-electron chi connectivity index (χ3n) is 3.09. The predicted octanol–water partition coefficient (Wildman–Crippen LogP) is 0.431. The molecule has 1 aliphatic heterocycles. The topological polar surface area (TPSA) is 49.6 Å². The summed E-state index contributed by atoms with van der Waals surface area (Å²) < 4.78 is 13.1. The molecule has 0 saturated carbocycles. The van der Waals surface area contributed by atoms with Crippen molar-refractivity contribution in [3.05, 3.63) is 30.1 Å². The van der Waals surface area contributed by atoms with Gasteiger partial charge < -0.3 is 10.6 Å². The summed E-state index contributed by atoms with van der Waals surface area (Å²) in [5, 5.41) is 0. The van der Waals surface area contributed by atoms with E-state index >= 15 is 0 Å². The zero-order valence-corrected chi connectivity index (χ0v) is 9.77. The molecule has 1 aromatic carbocycles. The Hall–Kier alpha value is -1.46. The lowest BCUT2D eigenvalue weighted by Gasteiger charge is -2.38. The molecular weight excluding hydrogens is 221 g/mol. The van der Waals surface area contributed by atoms with Gasteiger partial charge >= 0.3 is 0 Å². The fraction of sp³-hybridized carbons (Fsp3) is 0.417. The molecule has 0 aromatic heterocycles. The maximum atomic E-state index is 13.1. The summed E-state index contributed by atoms with van der Waals surface area (Å²) >= 11 is 0. The number of rotatable bonds is 2. The zero-order chi connectivity index (χ0) is 12.4. The molecule has 2 N–H and O–H groups in total. The van der Waals surface area contributed by atoms with Gasteiger partial charge in [-0.15, -0.1) is 0 Å². The first-order valence-corrected chi connectivity index (χ1v) is 5.58. The van der Waals surface area contributed by atoms with Crippen LogP contribution < -0.4 is 10.6 Å². The van der Waals surface area contributed by atoms with Gasteiger partial charge in [-0.1, -0.05) is 6.07 Å². The van der Waals surface area contributed by atoms with E-state index in [0.29, 0.717) is 25.3 Å². The number of amides is 1. The van der Waals surface area contributed by atoms with Crippen molar-refractivity contribution in [2.24, 2.45) is 5.73 Å². The molecule has 4 nitrogen and oxygen atoms in total. The van der Waals surface area contributed by atoms with Crippen LogP contribution >= 0.6 is 0 Å². The molecule has 1 fully saturated rings. The number of hydrogen-bond donors (Lipinski definition) is 1. The van der Waals surface area contributed by atoms with Gasteiger partial charge in [-0.05, 0) is 25.2 Å². The van der Waals surface area contributed by atoms with E-state index in [9.17, 15) is 9.18 Å². The minimum atomic E-state index is -0.335. The van der Waals surface area contributed by atoms with Crippen molar-refractivity contribution in [2.75, 3.05) is 31.6 Å². The summed E-state index contributed by atoms with van der Waals surface area (Å²) in [5.41, 5.74) is 6.25. The van der Waals surface area contributed by atoms with Crippen molar-refractivity contribution in [1.29, 1.82) is 0 Å². The first-order chi connectivity index (χ1) is 8.11. The van der Waals surface area contributed by atoms with Gasteiger partial charge in [0.15, 0.2) is 0 Å². The minimum absolute atomic E-state index is 0.0252. The molecular formula is C12H16FN3O. The van der Waals surface area contributed by atoms with Gasteiger partial charge in [-0.3, -0.25) is 9.69 Å². The third-order valence-corrected chi connectivity index (χ3v) is 3.09. The van der Waals surface area contributed by atoms with Gasteiger partial charge in [0.1, 0.15) is 5.82 Å². The lowest BCUT2D eigenvalue weighted by molar-refractivity contribution is -0.121. The second-order valence-corrected chi connectivity index (χ2v) is 4.29. The average molecular weight is 237 g/mol. The molecule has 0 spiro atoms. The molecule has 0 aliphatic carbocycles. The van der Waals surface area contributed by atoms with Crippen LogP contribution in [0.1, 0.15) is 0 Å². The SMILES string of the molecule is CN1CC(=O)N(c2cccc(F)c2)CC1CN. The Morgan fingerprint density at radius 2 is 2.29 bits per heavy atom. The molecule has 0 radical (unpaired) electrons. The minimum Gasteiger partial charge on any atom is -0.329 e. The van der Waals surface area contributed by atoms with Crippen LogP contribution in [0.5, 0.6) is 0 Å². The van der Waals surface area contributed by atoms with Crippen molar-refractivity contribution in [2.45, 2.75) is 6.04 Å². The zero-order valence-electron chi connectivity index (χ0n) is 9.77. The number of piperazine rings is 1. The molecule has 1 amide bonds. The van der Waals surface area contributed by atoms with E-state index in [0.717, 1.165) is 0 Å². The monoisotopic (exact) mass is 237 g/mol. The largest absolute Gasteiger partial charge is 0.329 e. The number of anilines is 1. The highest BCUT2D eigenvalue weighted by Gasteiger charge is 2.29. The van der Waals surface area contributed by atoms with Crippen LogP contribution in [0.4, 0.5) is 10.1 Å². The maximum Gasteiger partial charge on any atom is 0.241 e. The number of likely N-dealkylation sites (N-methyl/N-ethyl adjacent to an activating group) is 1. The Kier molecular flexibility index (Phi) is 3.40. The van der Waals surface area contributed by atoms with Crippen molar-refractivity contribution in [3.63, 3.8) is 0 Å². The summed E-state index contributed by atoms with van der Waals surface area (Å²) in [4.78, 5) is 15.4.